The first-order valence-corrected chi connectivity index (χ1v) is 8.63. The molecule has 2 aromatic rings. The molecule has 0 radical (unpaired) electrons. The van der Waals surface area contributed by atoms with E-state index in [0.717, 1.165) is 18.4 Å². The smallest absolute Gasteiger partial charge is 0.319 e. The maximum Gasteiger partial charge on any atom is 0.319 e. The van der Waals surface area contributed by atoms with E-state index in [0.29, 0.717) is 22.3 Å². The Morgan fingerprint density at radius 1 is 1.12 bits per heavy atom. The van der Waals surface area contributed by atoms with Gasteiger partial charge in [0.15, 0.2) is 0 Å². The van der Waals surface area contributed by atoms with Gasteiger partial charge in [-0.15, -0.1) is 0 Å². The molecular formula is C19H20ClN3O2. The van der Waals surface area contributed by atoms with Crippen molar-refractivity contribution < 1.29 is 9.59 Å². The molecule has 1 atom stereocenters. The number of nitrogens with one attached hydrogen (secondary N) is 3. The van der Waals surface area contributed by atoms with Gasteiger partial charge < -0.3 is 16.0 Å². The van der Waals surface area contributed by atoms with Crippen molar-refractivity contribution in [1.82, 2.24) is 10.6 Å². The summed E-state index contributed by atoms with van der Waals surface area (Å²) < 4.78 is 0. The maximum atomic E-state index is 12.2. The zero-order valence-electron chi connectivity index (χ0n) is 13.9. The summed E-state index contributed by atoms with van der Waals surface area (Å²) in [5.41, 5.74) is 2.02. The van der Waals surface area contributed by atoms with Crippen molar-refractivity contribution in [2.75, 3.05) is 5.32 Å². The van der Waals surface area contributed by atoms with Gasteiger partial charge in [-0.05, 0) is 55.7 Å². The Kier molecular flexibility index (Phi) is 5.24. The van der Waals surface area contributed by atoms with Crippen molar-refractivity contribution in [2.45, 2.75) is 31.8 Å². The van der Waals surface area contributed by atoms with E-state index < -0.39 is 0 Å². The Hall–Kier alpha value is -2.53. The monoisotopic (exact) mass is 357 g/mol. The summed E-state index contributed by atoms with van der Waals surface area (Å²) in [6.07, 6.45) is 2.07. The van der Waals surface area contributed by atoms with Crippen LogP contribution in [0.5, 0.6) is 0 Å². The molecule has 6 heteroatoms. The molecule has 3 N–H and O–H groups in total. The summed E-state index contributed by atoms with van der Waals surface area (Å²) in [6, 6.07) is 14.0. The molecule has 1 aliphatic rings. The van der Waals surface area contributed by atoms with Crippen molar-refractivity contribution in [1.29, 1.82) is 0 Å². The van der Waals surface area contributed by atoms with Gasteiger partial charge >= 0.3 is 6.03 Å². The van der Waals surface area contributed by atoms with Crippen LogP contribution in [-0.2, 0) is 0 Å². The predicted molar refractivity (Wildman–Crippen MR) is 99.0 cm³/mol. The fraction of sp³-hybridized carbons (Fsp3) is 0.263. The molecule has 1 unspecified atom stereocenters. The lowest BCUT2D eigenvalue weighted by Crippen LogP contribution is -2.31. The number of hydrogen-bond donors (Lipinski definition) is 3. The molecule has 25 heavy (non-hydrogen) atoms. The number of amides is 3. The van der Waals surface area contributed by atoms with E-state index in [2.05, 4.69) is 16.0 Å². The van der Waals surface area contributed by atoms with E-state index in [1.165, 1.54) is 0 Å². The third-order valence-electron chi connectivity index (χ3n) is 3.99. The molecule has 0 aromatic heterocycles. The second kappa shape index (κ2) is 7.57. The van der Waals surface area contributed by atoms with Gasteiger partial charge in [0.05, 0.1) is 6.04 Å². The van der Waals surface area contributed by atoms with Gasteiger partial charge in [-0.3, -0.25) is 4.79 Å². The fourth-order valence-corrected chi connectivity index (χ4v) is 2.66. The first-order valence-electron chi connectivity index (χ1n) is 8.25. The standard InChI is InChI=1S/C19H20ClN3O2/c1-12(13-4-2-6-15(20)10-13)21-19(25)23-17-7-3-5-14(11-17)18(24)22-16-8-9-16/h2-7,10-12,16H,8-9H2,1H3,(H,22,24)(H2,21,23,25). The molecule has 0 aliphatic heterocycles. The topological polar surface area (TPSA) is 70.2 Å². The van der Waals surface area contributed by atoms with Gasteiger partial charge in [0.25, 0.3) is 5.91 Å². The highest BCUT2D eigenvalue weighted by molar-refractivity contribution is 6.30. The Balaban J connectivity index is 1.59. The minimum atomic E-state index is -0.341. The van der Waals surface area contributed by atoms with Crippen molar-refractivity contribution >= 4 is 29.2 Å². The average molecular weight is 358 g/mol. The summed E-state index contributed by atoms with van der Waals surface area (Å²) in [5, 5.41) is 9.17. The van der Waals surface area contributed by atoms with E-state index in [-0.39, 0.29) is 18.0 Å². The number of urea groups is 1. The lowest BCUT2D eigenvalue weighted by Gasteiger charge is -2.15. The lowest BCUT2D eigenvalue weighted by molar-refractivity contribution is 0.0951. The molecule has 1 saturated carbocycles. The van der Waals surface area contributed by atoms with Crippen LogP contribution in [0.4, 0.5) is 10.5 Å². The van der Waals surface area contributed by atoms with Gasteiger partial charge in [-0.25, -0.2) is 4.79 Å². The van der Waals surface area contributed by atoms with E-state index >= 15 is 0 Å². The second-order valence-corrected chi connectivity index (χ2v) is 6.64. The number of carbonyl (C=O) groups excluding carboxylic acids is 2. The van der Waals surface area contributed by atoms with Crippen molar-refractivity contribution in [3.8, 4) is 0 Å². The van der Waals surface area contributed by atoms with Gasteiger partial charge in [0.2, 0.25) is 0 Å². The second-order valence-electron chi connectivity index (χ2n) is 6.20. The number of rotatable bonds is 5. The van der Waals surface area contributed by atoms with Gasteiger partial charge in [-0.1, -0.05) is 29.8 Å². The van der Waals surface area contributed by atoms with Crippen LogP contribution < -0.4 is 16.0 Å². The van der Waals surface area contributed by atoms with E-state index in [1.54, 1.807) is 30.3 Å². The van der Waals surface area contributed by atoms with Crippen LogP contribution >= 0.6 is 11.6 Å². The van der Waals surface area contributed by atoms with E-state index in [4.69, 9.17) is 11.6 Å². The summed E-state index contributed by atoms with van der Waals surface area (Å²) in [7, 11) is 0. The Bertz CT molecular complexity index is 790. The largest absolute Gasteiger partial charge is 0.349 e. The van der Waals surface area contributed by atoms with Crippen LogP contribution in [-0.4, -0.2) is 18.0 Å². The Labute approximate surface area is 151 Å². The molecule has 0 heterocycles. The van der Waals surface area contributed by atoms with Crippen molar-refractivity contribution in [3.63, 3.8) is 0 Å². The third kappa shape index (κ3) is 4.97. The van der Waals surface area contributed by atoms with Crippen LogP contribution in [0, 0.1) is 0 Å². The van der Waals surface area contributed by atoms with Crippen LogP contribution in [0.1, 0.15) is 41.7 Å². The van der Waals surface area contributed by atoms with Crippen molar-refractivity contribution in [2.24, 2.45) is 0 Å². The van der Waals surface area contributed by atoms with Gasteiger partial charge in [0, 0.05) is 22.3 Å². The van der Waals surface area contributed by atoms with Crippen LogP contribution in [0.2, 0.25) is 5.02 Å². The predicted octanol–water partition coefficient (Wildman–Crippen LogP) is 4.11. The average Bonchev–Trinajstić information content (AvgIpc) is 3.39. The van der Waals surface area contributed by atoms with Crippen molar-refractivity contribution in [3.05, 3.63) is 64.7 Å². The molecule has 130 valence electrons. The molecule has 1 fully saturated rings. The summed E-state index contributed by atoms with van der Waals surface area (Å²) >= 11 is 5.98. The molecule has 0 spiro atoms. The van der Waals surface area contributed by atoms with Crippen LogP contribution in [0.3, 0.4) is 0 Å². The summed E-state index contributed by atoms with van der Waals surface area (Å²) in [6.45, 7) is 1.88. The molecule has 2 aromatic carbocycles. The molecular weight excluding hydrogens is 338 g/mol. The Morgan fingerprint density at radius 3 is 2.60 bits per heavy atom. The molecule has 5 nitrogen and oxygen atoms in total. The number of benzene rings is 2. The number of anilines is 1. The fourth-order valence-electron chi connectivity index (χ4n) is 2.46. The maximum absolute atomic E-state index is 12.2. The van der Waals surface area contributed by atoms with E-state index in [9.17, 15) is 9.59 Å². The van der Waals surface area contributed by atoms with Gasteiger partial charge in [-0.2, -0.15) is 0 Å². The first kappa shape index (κ1) is 17.3. The number of halogens is 1. The normalized spacial score (nSPS) is 14.5. The van der Waals surface area contributed by atoms with Crippen LogP contribution in [0.15, 0.2) is 48.5 Å². The molecule has 3 amide bonds. The minimum absolute atomic E-state index is 0.112. The Morgan fingerprint density at radius 2 is 1.88 bits per heavy atom. The molecule has 1 aliphatic carbocycles. The lowest BCUT2D eigenvalue weighted by atomic mass is 10.1. The quantitative estimate of drug-likeness (QED) is 0.753. The SMILES string of the molecule is CC(NC(=O)Nc1cccc(C(=O)NC2CC2)c1)c1cccc(Cl)c1. The zero-order valence-corrected chi connectivity index (χ0v) is 14.6. The first-order chi connectivity index (χ1) is 12.0. The molecule has 0 saturated heterocycles. The zero-order chi connectivity index (χ0) is 17.8. The molecule has 3 rings (SSSR count). The molecule has 0 bridgehead atoms. The minimum Gasteiger partial charge on any atom is -0.349 e. The third-order valence-corrected chi connectivity index (χ3v) is 4.23. The summed E-state index contributed by atoms with van der Waals surface area (Å²) in [5.74, 6) is -0.112. The highest BCUT2D eigenvalue weighted by Crippen LogP contribution is 2.20. The van der Waals surface area contributed by atoms with Gasteiger partial charge in [0.1, 0.15) is 0 Å². The summed E-state index contributed by atoms with van der Waals surface area (Å²) in [4.78, 5) is 24.3. The van der Waals surface area contributed by atoms with E-state index in [1.807, 2.05) is 25.1 Å². The number of carbonyl (C=O) groups is 2. The highest BCUT2D eigenvalue weighted by Gasteiger charge is 2.23. The van der Waals surface area contributed by atoms with Crippen LogP contribution in [0.25, 0.3) is 0 Å². The highest BCUT2D eigenvalue weighted by atomic mass is 35.5. The number of hydrogen-bond acceptors (Lipinski definition) is 2.